The van der Waals surface area contributed by atoms with E-state index >= 15 is 0 Å². The Bertz CT molecular complexity index is 190. The summed E-state index contributed by atoms with van der Waals surface area (Å²) in [4.78, 5) is 0. The average molecular weight is 213 g/mol. The molecule has 2 N–H and O–H groups in total. The van der Waals surface area contributed by atoms with E-state index in [0.29, 0.717) is 6.10 Å². The van der Waals surface area contributed by atoms with Crippen LogP contribution in [0.15, 0.2) is 0 Å². The van der Waals surface area contributed by atoms with E-state index in [0.717, 1.165) is 19.5 Å². The first-order valence-electron chi connectivity index (χ1n) is 6.34. The summed E-state index contributed by atoms with van der Waals surface area (Å²) in [5.74, 6) is 0. The van der Waals surface area contributed by atoms with Crippen LogP contribution in [0.4, 0.5) is 0 Å². The Balaban J connectivity index is 1.64. The Morgan fingerprint density at radius 1 is 1.27 bits per heavy atom. The van der Waals surface area contributed by atoms with Crippen molar-refractivity contribution in [3.05, 3.63) is 0 Å². The summed E-state index contributed by atoms with van der Waals surface area (Å²) in [6.07, 6.45) is 9.00. The van der Waals surface area contributed by atoms with Crippen molar-refractivity contribution in [2.24, 2.45) is 0 Å². The Labute approximate surface area is 92.2 Å². The van der Waals surface area contributed by atoms with Gasteiger partial charge >= 0.3 is 0 Å². The maximum Gasteiger partial charge on any atom is 0.0708 e. The van der Waals surface area contributed by atoms with E-state index < -0.39 is 0 Å². The maximum atomic E-state index is 8.65. The molecule has 1 saturated carbocycles. The molecule has 3 nitrogen and oxygen atoms in total. The second kappa shape index (κ2) is 5.28. The summed E-state index contributed by atoms with van der Waals surface area (Å²) in [6.45, 7) is 2.15. The minimum absolute atomic E-state index is 0.267. The molecule has 1 aliphatic carbocycles. The molecule has 0 bridgehead atoms. The zero-order valence-corrected chi connectivity index (χ0v) is 9.50. The van der Waals surface area contributed by atoms with Crippen molar-refractivity contribution in [1.29, 1.82) is 0 Å². The summed E-state index contributed by atoms with van der Waals surface area (Å²) in [6, 6.07) is 0. The predicted molar refractivity (Wildman–Crippen MR) is 59.9 cm³/mol. The van der Waals surface area contributed by atoms with Crippen LogP contribution in [0.2, 0.25) is 0 Å². The molecule has 2 aliphatic rings. The first kappa shape index (κ1) is 11.4. The van der Waals surface area contributed by atoms with Gasteiger partial charge in [-0.25, -0.2) is 0 Å². The van der Waals surface area contributed by atoms with Crippen LogP contribution in [-0.4, -0.2) is 36.5 Å². The largest absolute Gasteiger partial charge is 0.396 e. The molecule has 1 atom stereocenters. The SMILES string of the molecule is OCCCNCC1CCC2(CCCC2)O1. The maximum absolute atomic E-state index is 8.65. The van der Waals surface area contributed by atoms with Crippen molar-refractivity contribution in [2.75, 3.05) is 19.7 Å². The fourth-order valence-corrected chi connectivity index (χ4v) is 2.89. The Kier molecular flexibility index (Phi) is 4.00. The molecule has 0 amide bonds. The Morgan fingerprint density at radius 3 is 2.80 bits per heavy atom. The van der Waals surface area contributed by atoms with E-state index in [1.54, 1.807) is 0 Å². The lowest BCUT2D eigenvalue weighted by atomic mass is 9.98. The van der Waals surface area contributed by atoms with Crippen molar-refractivity contribution in [3.63, 3.8) is 0 Å². The van der Waals surface area contributed by atoms with Crippen molar-refractivity contribution in [1.82, 2.24) is 5.32 Å². The van der Waals surface area contributed by atoms with Gasteiger partial charge in [-0.3, -0.25) is 0 Å². The third-order valence-electron chi connectivity index (χ3n) is 3.74. The number of hydrogen-bond acceptors (Lipinski definition) is 3. The molecule has 0 radical (unpaired) electrons. The minimum Gasteiger partial charge on any atom is -0.396 e. The standard InChI is InChI=1S/C12H23NO2/c14-9-3-8-13-10-11-4-7-12(15-11)5-1-2-6-12/h11,13-14H,1-10H2. The zero-order valence-electron chi connectivity index (χ0n) is 9.50. The van der Waals surface area contributed by atoms with Gasteiger partial charge in [0.2, 0.25) is 0 Å². The van der Waals surface area contributed by atoms with Crippen LogP contribution in [0.5, 0.6) is 0 Å². The quantitative estimate of drug-likeness (QED) is 0.679. The monoisotopic (exact) mass is 213 g/mol. The number of aliphatic hydroxyl groups is 1. The van der Waals surface area contributed by atoms with Crippen LogP contribution in [0, 0.1) is 0 Å². The summed E-state index contributed by atoms with van der Waals surface area (Å²) in [5.41, 5.74) is 0.267. The van der Waals surface area contributed by atoms with Gasteiger partial charge in [0.15, 0.2) is 0 Å². The summed E-state index contributed by atoms with van der Waals surface area (Å²) >= 11 is 0. The third-order valence-corrected chi connectivity index (χ3v) is 3.74. The average Bonchev–Trinajstić information content (AvgIpc) is 2.85. The molecular formula is C12H23NO2. The van der Waals surface area contributed by atoms with Crippen molar-refractivity contribution >= 4 is 0 Å². The molecule has 1 aliphatic heterocycles. The molecule has 2 rings (SSSR count). The first-order valence-corrected chi connectivity index (χ1v) is 6.34. The van der Waals surface area contributed by atoms with Crippen LogP contribution in [0.3, 0.4) is 0 Å². The van der Waals surface area contributed by atoms with Gasteiger partial charge in [0.05, 0.1) is 11.7 Å². The van der Waals surface area contributed by atoms with E-state index in [2.05, 4.69) is 5.32 Å². The van der Waals surface area contributed by atoms with Gasteiger partial charge in [0.1, 0.15) is 0 Å². The normalized spacial score (nSPS) is 29.0. The molecule has 1 saturated heterocycles. The van der Waals surface area contributed by atoms with Crippen molar-refractivity contribution < 1.29 is 9.84 Å². The lowest BCUT2D eigenvalue weighted by molar-refractivity contribution is -0.0350. The molecule has 1 spiro atoms. The summed E-state index contributed by atoms with van der Waals surface area (Å²) in [7, 11) is 0. The lowest BCUT2D eigenvalue weighted by Crippen LogP contribution is -2.31. The fraction of sp³-hybridized carbons (Fsp3) is 1.00. The van der Waals surface area contributed by atoms with E-state index in [1.807, 2.05) is 0 Å². The highest BCUT2D eigenvalue weighted by Gasteiger charge is 2.41. The highest BCUT2D eigenvalue weighted by molar-refractivity contribution is 4.93. The van der Waals surface area contributed by atoms with E-state index in [1.165, 1.54) is 38.5 Å². The summed E-state index contributed by atoms with van der Waals surface area (Å²) in [5, 5.41) is 12.0. The van der Waals surface area contributed by atoms with Crippen LogP contribution < -0.4 is 5.32 Å². The highest BCUT2D eigenvalue weighted by Crippen LogP contribution is 2.42. The highest BCUT2D eigenvalue weighted by atomic mass is 16.5. The Hall–Kier alpha value is -0.120. The first-order chi connectivity index (χ1) is 7.35. The molecule has 0 aromatic rings. The predicted octanol–water partition coefficient (Wildman–Crippen LogP) is 1.45. The van der Waals surface area contributed by atoms with Crippen LogP contribution >= 0.6 is 0 Å². The van der Waals surface area contributed by atoms with E-state index in [-0.39, 0.29) is 12.2 Å². The fourth-order valence-electron chi connectivity index (χ4n) is 2.89. The number of rotatable bonds is 5. The number of ether oxygens (including phenoxy) is 1. The van der Waals surface area contributed by atoms with Gasteiger partial charge in [-0.2, -0.15) is 0 Å². The molecule has 2 fully saturated rings. The zero-order chi connectivity index (χ0) is 10.6. The second-order valence-corrected chi connectivity index (χ2v) is 4.95. The van der Waals surface area contributed by atoms with Crippen molar-refractivity contribution in [3.8, 4) is 0 Å². The van der Waals surface area contributed by atoms with Gasteiger partial charge in [0, 0.05) is 13.2 Å². The van der Waals surface area contributed by atoms with Gasteiger partial charge in [-0.05, 0) is 38.6 Å². The van der Waals surface area contributed by atoms with Gasteiger partial charge in [-0.1, -0.05) is 12.8 Å². The smallest absolute Gasteiger partial charge is 0.0708 e. The van der Waals surface area contributed by atoms with E-state index in [4.69, 9.17) is 9.84 Å². The molecule has 1 heterocycles. The van der Waals surface area contributed by atoms with Crippen LogP contribution in [0.25, 0.3) is 0 Å². The number of nitrogens with one attached hydrogen (secondary N) is 1. The molecule has 0 aromatic heterocycles. The topological polar surface area (TPSA) is 41.5 Å². The number of hydrogen-bond donors (Lipinski definition) is 2. The van der Waals surface area contributed by atoms with Crippen LogP contribution in [-0.2, 0) is 4.74 Å². The number of aliphatic hydroxyl groups excluding tert-OH is 1. The lowest BCUT2D eigenvalue weighted by Gasteiger charge is -2.23. The van der Waals surface area contributed by atoms with E-state index in [9.17, 15) is 0 Å². The molecule has 0 aromatic carbocycles. The van der Waals surface area contributed by atoms with Gasteiger partial charge < -0.3 is 15.2 Å². The molecule has 15 heavy (non-hydrogen) atoms. The third kappa shape index (κ3) is 2.92. The molecule has 3 heteroatoms. The second-order valence-electron chi connectivity index (χ2n) is 4.95. The Morgan fingerprint density at radius 2 is 2.07 bits per heavy atom. The summed E-state index contributed by atoms with van der Waals surface area (Å²) < 4.78 is 6.17. The van der Waals surface area contributed by atoms with Crippen LogP contribution in [0.1, 0.15) is 44.9 Å². The molecule has 88 valence electrons. The molecule has 1 unspecified atom stereocenters. The van der Waals surface area contributed by atoms with Gasteiger partial charge in [-0.15, -0.1) is 0 Å². The van der Waals surface area contributed by atoms with Crippen molar-refractivity contribution in [2.45, 2.75) is 56.7 Å². The minimum atomic E-state index is 0.267. The molecular weight excluding hydrogens is 190 g/mol. The van der Waals surface area contributed by atoms with Gasteiger partial charge in [0.25, 0.3) is 0 Å².